The van der Waals surface area contributed by atoms with Crippen molar-refractivity contribution in [2.75, 3.05) is 0 Å². The van der Waals surface area contributed by atoms with Crippen LogP contribution in [-0.2, 0) is 17.1 Å². The van der Waals surface area contributed by atoms with Gasteiger partial charge in [0.25, 0.3) is 0 Å². The number of benzene rings is 2. The smallest absolute Gasteiger partial charge is 0.299 e. The molecule has 2 aliphatic carbocycles. The first kappa shape index (κ1) is 23.3. The molecule has 2 aromatic carbocycles. The zero-order chi connectivity index (χ0) is 24.2. The lowest BCUT2D eigenvalue weighted by Gasteiger charge is -2.43. The van der Waals surface area contributed by atoms with Gasteiger partial charge in [-0.1, -0.05) is 49.4 Å². The van der Waals surface area contributed by atoms with E-state index in [1.54, 1.807) is 6.08 Å². The van der Waals surface area contributed by atoms with Crippen LogP contribution in [0, 0.1) is 10.8 Å². The van der Waals surface area contributed by atoms with E-state index in [4.69, 9.17) is 0 Å². The van der Waals surface area contributed by atoms with E-state index < -0.39 is 34.3 Å². The van der Waals surface area contributed by atoms with Crippen LogP contribution in [0.25, 0.3) is 6.08 Å². The number of hydrogen-bond donors (Lipinski definition) is 0. The van der Waals surface area contributed by atoms with Crippen LogP contribution in [0.2, 0.25) is 0 Å². The van der Waals surface area contributed by atoms with Gasteiger partial charge in [0.2, 0.25) is 0 Å². The van der Waals surface area contributed by atoms with E-state index in [1.807, 2.05) is 26.0 Å². The molecule has 174 valence electrons. The minimum Gasteiger partial charge on any atom is -0.299 e. The number of Topliss-reactive ketones (excluding diaryl/α,β-unsaturated/α-hetero) is 1. The van der Waals surface area contributed by atoms with E-state index in [0.717, 1.165) is 29.8 Å². The van der Waals surface area contributed by atoms with Gasteiger partial charge in [-0.25, -0.2) is 0 Å². The number of halogens is 6. The van der Waals surface area contributed by atoms with E-state index >= 15 is 0 Å². The average molecular weight is 464 g/mol. The fourth-order valence-corrected chi connectivity index (χ4v) is 5.17. The van der Waals surface area contributed by atoms with Crippen molar-refractivity contribution in [3.63, 3.8) is 0 Å². The molecule has 1 fully saturated rings. The summed E-state index contributed by atoms with van der Waals surface area (Å²) in [4.78, 5) is 12.9. The number of allylic oxidation sites excluding steroid dienone is 3. The molecule has 33 heavy (non-hydrogen) atoms. The van der Waals surface area contributed by atoms with Crippen molar-refractivity contribution in [2.24, 2.45) is 10.8 Å². The molecule has 1 nitrogen and oxygen atoms in total. The summed E-state index contributed by atoms with van der Waals surface area (Å²) >= 11 is 0. The number of carbonyl (C=O) groups is 1. The third-order valence-corrected chi connectivity index (χ3v) is 7.00. The van der Waals surface area contributed by atoms with Crippen LogP contribution in [0.15, 0.2) is 66.3 Å². The van der Waals surface area contributed by atoms with Gasteiger partial charge in [-0.2, -0.15) is 26.3 Å². The zero-order valence-corrected chi connectivity index (χ0v) is 18.0. The maximum absolute atomic E-state index is 13.0. The van der Waals surface area contributed by atoms with Crippen molar-refractivity contribution in [2.45, 2.75) is 45.0 Å². The van der Waals surface area contributed by atoms with Crippen LogP contribution in [0.4, 0.5) is 26.3 Å². The number of carbonyl (C=O) groups excluding carboxylic acids is 1. The third kappa shape index (κ3) is 4.25. The van der Waals surface area contributed by atoms with E-state index in [9.17, 15) is 31.1 Å². The molecule has 3 atom stereocenters. The van der Waals surface area contributed by atoms with Crippen LogP contribution in [0.5, 0.6) is 0 Å². The van der Waals surface area contributed by atoms with E-state index in [1.165, 1.54) is 24.3 Å². The highest BCUT2D eigenvalue weighted by atomic mass is 19.4. The molecule has 0 N–H and O–H groups in total. The van der Waals surface area contributed by atoms with Crippen molar-refractivity contribution in [1.29, 1.82) is 0 Å². The Labute approximate surface area is 187 Å². The zero-order valence-electron chi connectivity index (χ0n) is 18.0. The number of fused-ring (bicyclic) bond motifs is 2. The second-order valence-electron chi connectivity index (χ2n) is 9.36. The maximum Gasteiger partial charge on any atom is 0.416 e. The Kier molecular flexibility index (Phi) is 5.38. The van der Waals surface area contributed by atoms with Gasteiger partial charge in [0.1, 0.15) is 5.78 Å². The minimum atomic E-state index is -4.44. The monoisotopic (exact) mass is 464 g/mol. The van der Waals surface area contributed by atoms with Gasteiger partial charge in [-0.15, -0.1) is 0 Å². The van der Waals surface area contributed by atoms with Crippen molar-refractivity contribution in [3.8, 4) is 0 Å². The molecular weight excluding hydrogens is 442 g/mol. The average Bonchev–Trinajstić information content (AvgIpc) is 2.97. The highest BCUT2D eigenvalue weighted by Crippen LogP contribution is 2.61. The summed E-state index contributed by atoms with van der Waals surface area (Å²) in [6, 6.07) is 9.72. The molecule has 0 aromatic heterocycles. The third-order valence-electron chi connectivity index (χ3n) is 7.00. The van der Waals surface area contributed by atoms with Gasteiger partial charge in [0, 0.05) is 23.2 Å². The lowest BCUT2D eigenvalue weighted by molar-refractivity contribution is -0.138. The molecule has 4 rings (SSSR count). The summed E-state index contributed by atoms with van der Waals surface area (Å²) < 4.78 is 77.3. The summed E-state index contributed by atoms with van der Waals surface area (Å²) in [5.74, 6) is -0.269. The second-order valence-corrected chi connectivity index (χ2v) is 9.36. The maximum atomic E-state index is 13.0. The molecule has 0 spiro atoms. The molecule has 7 heteroatoms. The number of ketones is 1. The molecular formula is C26H22F6O. The Hall–Kier alpha value is -2.83. The fourth-order valence-electron chi connectivity index (χ4n) is 5.17. The molecule has 0 aliphatic heterocycles. The second kappa shape index (κ2) is 7.61. The van der Waals surface area contributed by atoms with Crippen molar-refractivity contribution < 1.29 is 31.1 Å². The largest absolute Gasteiger partial charge is 0.416 e. The number of alkyl halides is 6. The van der Waals surface area contributed by atoms with E-state index in [0.29, 0.717) is 17.5 Å². The SMILES string of the molecule is C[C@]12C[C@@](C)(C=C1C=Cc1ccc(C(F)(F)F)cc1)C(=O)C[C@H]2c1ccc(C(F)(F)F)cc1. The first-order chi connectivity index (χ1) is 15.2. The Bertz CT molecular complexity index is 1120. The van der Waals surface area contributed by atoms with Crippen LogP contribution >= 0.6 is 0 Å². The highest BCUT2D eigenvalue weighted by molar-refractivity contribution is 5.90. The first-order valence-electron chi connectivity index (χ1n) is 10.5. The molecule has 0 unspecified atom stereocenters. The van der Waals surface area contributed by atoms with Crippen LogP contribution in [0.3, 0.4) is 0 Å². The van der Waals surface area contributed by atoms with Gasteiger partial charge >= 0.3 is 12.4 Å². The molecule has 0 amide bonds. The van der Waals surface area contributed by atoms with Crippen LogP contribution < -0.4 is 0 Å². The van der Waals surface area contributed by atoms with Crippen LogP contribution in [0.1, 0.15) is 54.9 Å². The predicted octanol–water partition coefficient (Wildman–Crippen LogP) is 7.84. The molecule has 2 bridgehead atoms. The minimum absolute atomic E-state index is 0.0304. The molecule has 0 heterocycles. The van der Waals surface area contributed by atoms with Gasteiger partial charge in [-0.3, -0.25) is 4.79 Å². The van der Waals surface area contributed by atoms with E-state index in [2.05, 4.69) is 0 Å². The summed E-state index contributed by atoms with van der Waals surface area (Å²) in [5, 5.41) is 0. The highest BCUT2D eigenvalue weighted by Gasteiger charge is 2.55. The number of rotatable bonds is 3. The fraction of sp³-hybridized carbons (Fsp3) is 0.346. The topological polar surface area (TPSA) is 17.1 Å². The Balaban J connectivity index is 1.65. The summed E-state index contributed by atoms with van der Waals surface area (Å²) in [7, 11) is 0. The van der Waals surface area contributed by atoms with Gasteiger partial charge < -0.3 is 0 Å². The van der Waals surface area contributed by atoms with Gasteiger partial charge in [0.15, 0.2) is 0 Å². The summed E-state index contributed by atoms with van der Waals surface area (Å²) in [6.45, 7) is 3.85. The summed E-state index contributed by atoms with van der Waals surface area (Å²) in [5.41, 5.74) is -0.536. The van der Waals surface area contributed by atoms with Crippen LogP contribution in [-0.4, -0.2) is 5.78 Å². The lowest BCUT2D eigenvalue weighted by atomic mass is 9.59. The normalized spacial score (nSPS) is 27.8. The van der Waals surface area contributed by atoms with Crippen molar-refractivity contribution in [1.82, 2.24) is 0 Å². The quantitative estimate of drug-likeness (QED) is 0.423. The Morgan fingerprint density at radius 2 is 1.33 bits per heavy atom. The van der Waals surface area contributed by atoms with Crippen molar-refractivity contribution >= 4 is 11.9 Å². The van der Waals surface area contributed by atoms with Crippen molar-refractivity contribution in [3.05, 3.63) is 88.5 Å². The summed E-state index contributed by atoms with van der Waals surface area (Å²) in [6.07, 6.45) is -2.69. The van der Waals surface area contributed by atoms with E-state index in [-0.39, 0.29) is 18.1 Å². The molecule has 2 aliphatic rings. The Morgan fingerprint density at radius 3 is 1.85 bits per heavy atom. The Morgan fingerprint density at radius 1 is 0.818 bits per heavy atom. The first-order valence-corrected chi connectivity index (χ1v) is 10.5. The molecule has 0 saturated heterocycles. The standard InChI is InChI=1S/C26H22F6O/c1-23-14-20(10-5-16-3-8-18(9-4-16)25(27,28)29)24(2,15-23)21(13-22(23)33)17-6-11-19(12-7-17)26(30,31)32/h3-12,14,21H,13,15H2,1-2H3/t21-,23+,24-/m0/s1. The molecule has 1 saturated carbocycles. The number of hydrogen-bond acceptors (Lipinski definition) is 1. The van der Waals surface area contributed by atoms with Gasteiger partial charge in [0.05, 0.1) is 11.1 Å². The predicted molar refractivity (Wildman–Crippen MR) is 113 cm³/mol. The molecule has 0 radical (unpaired) electrons. The van der Waals surface area contributed by atoms with Gasteiger partial charge in [-0.05, 0) is 54.3 Å². The lowest BCUT2D eigenvalue weighted by Crippen LogP contribution is -2.39. The molecule has 2 aromatic rings.